The topological polar surface area (TPSA) is 33.5 Å². The van der Waals surface area contributed by atoms with Gasteiger partial charge in [-0.1, -0.05) is 19.8 Å². The fourth-order valence-electron chi connectivity index (χ4n) is 1.83. The van der Waals surface area contributed by atoms with Crippen LogP contribution in [0.1, 0.15) is 57.5 Å². The molecule has 0 bridgehead atoms. The molecular weight excluding hydrogens is 214 g/mol. The van der Waals surface area contributed by atoms with E-state index in [1.54, 1.807) is 6.07 Å². The van der Waals surface area contributed by atoms with Gasteiger partial charge in [0.15, 0.2) is 17.4 Å². The van der Waals surface area contributed by atoms with Crippen LogP contribution in [0, 0.1) is 0 Å². The predicted octanol–water partition coefficient (Wildman–Crippen LogP) is 3.89. The number of Topliss-reactive ketones (excluding diaryl/α,β-unsaturated/α-hetero) is 1. The van der Waals surface area contributed by atoms with Gasteiger partial charge in [0.25, 0.3) is 0 Å². The van der Waals surface area contributed by atoms with Crippen LogP contribution in [0.3, 0.4) is 0 Å². The summed E-state index contributed by atoms with van der Waals surface area (Å²) in [5, 5.41) is 0. The van der Waals surface area contributed by atoms with Crippen LogP contribution in [0.25, 0.3) is 0 Å². The second kappa shape index (κ2) is 6.48. The van der Waals surface area contributed by atoms with E-state index in [1.165, 1.54) is 19.8 Å². The van der Waals surface area contributed by atoms with Crippen LogP contribution in [0.4, 0.5) is 5.88 Å². The Bertz CT molecular complexity index is 355. The summed E-state index contributed by atoms with van der Waals surface area (Å²) in [5.74, 6) is 1.23. The molecule has 17 heavy (non-hydrogen) atoms. The van der Waals surface area contributed by atoms with Crippen LogP contribution in [-0.4, -0.2) is 18.4 Å². The Balaban J connectivity index is 2.71. The monoisotopic (exact) mass is 237 g/mol. The van der Waals surface area contributed by atoms with E-state index >= 15 is 0 Å². The van der Waals surface area contributed by atoms with Gasteiger partial charge in [0.1, 0.15) is 0 Å². The van der Waals surface area contributed by atoms with E-state index < -0.39 is 0 Å². The molecule has 0 aromatic carbocycles. The van der Waals surface area contributed by atoms with Gasteiger partial charge >= 0.3 is 0 Å². The lowest BCUT2D eigenvalue weighted by Gasteiger charge is -2.26. The highest BCUT2D eigenvalue weighted by Crippen LogP contribution is 2.21. The van der Waals surface area contributed by atoms with E-state index in [4.69, 9.17) is 4.42 Å². The first-order valence-corrected chi connectivity index (χ1v) is 6.43. The average Bonchev–Trinajstić information content (AvgIpc) is 2.73. The molecule has 1 rings (SSSR count). The largest absolute Gasteiger partial charge is 0.437 e. The normalized spacial score (nSPS) is 10.9. The molecule has 0 aliphatic carbocycles. The summed E-state index contributed by atoms with van der Waals surface area (Å²) in [7, 11) is 0. The zero-order valence-electron chi connectivity index (χ0n) is 11.3. The highest BCUT2D eigenvalue weighted by Gasteiger charge is 2.15. The standard InChI is InChI=1S/C14H23NO2/c1-5-6-7-10-15(11(2)3)14-9-8-13(17-14)12(4)16/h8-9,11H,5-7,10H2,1-4H3. The van der Waals surface area contributed by atoms with Crippen molar-refractivity contribution < 1.29 is 9.21 Å². The van der Waals surface area contributed by atoms with Crippen molar-refractivity contribution in [2.24, 2.45) is 0 Å². The van der Waals surface area contributed by atoms with Crippen molar-refractivity contribution in [3.05, 3.63) is 17.9 Å². The summed E-state index contributed by atoms with van der Waals surface area (Å²) in [4.78, 5) is 13.4. The van der Waals surface area contributed by atoms with Crippen molar-refractivity contribution in [3.63, 3.8) is 0 Å². The third-order valence-electron chi connectivity index (χ3n) is 2.85. The molecule has 0 saturated carbocycles. The number of rotatable bonds is 7. The zero-order valence-corrected chi connectivity index (χ0v) is 11.3. The van der Waals surface area contributed by atoms with Gasteiger partial charge < -0.3 is 9.32 Å². The van der Waals surface area contributed by atoms with Crippen LogP contribution in [-0.2, 0) is 0 Å². The molecule has 1 aromatic heterocycles. The van der Waals surface area contributed by atoms with Crippen LogP contribution in [0.5, 0.6) is 0 Å². The molecule has 3 heteroatoms. The Morgan fingerprint density at radius 3 is 2.53 bits per heavy atom. The third kappa shape index (κ3) is 3.91. The van der Waals surface area contributed by atoms with E-state index in [1.807, 2.05) is 6.07 Å². The van der Waals surface area contributed by atoms with Crippen LogP contribution < -0.4 is 4.90 Å². The number of ketones is 1. The van der Waals surface area contributed by atoms with E-state index in [2.05, 4.69) is 25.7 Å². The first kappa shape index (κ1) is 13.8. The maximum atomic E-state index is 11.2. The summed E-state index contributed by atoms with van der Waals surface area (Å²) >= 11 is 0. The number of carbonyl (C=O) groups excluding carboxylic acids is 1. The van der Waals surface area contributed by atoms with Gasteiger partial charge in [0.05, 0.1) is 0 Å². The van der Waals surface area contributed by atoms with Gasteiger partial charge in [0, 0.05) is 25.6 Å². The van der Waals surface area contributed by atoms with Gasteiger partial charge in [-0.05, 0) is 26.3 Å². The third-order valence-corrected chi connectivity index (χ3v) is 2.85. The molecule has 0 fully saturated rings. The number of unbranched alkanes of at least 4 members (excludes halogenated alkanes) is 2. The van der Waals surface area contributed by atoms with E-state index in [-0.39, 0.29) is 5.78 Å². The lowest BCUT2D eigenvalue weighted by Crippen LogP contribution is -2.31. The van der Waals surface area contributed by atoms with Crippen molar-refractivity contribution in [2.45, 2.75) is 53.0 Å². The van der Waals surface area contributed by atoms with Crippen molar-refractivity contribution in [1.29, 1.82) is 0 Å². The number of carbonyl (C=O) groups is 1. The maximum Gasteiger partial charge on any atom is 0.196 e. The van der Waals surface area contributed by atoms with E-state index in [0.717, 1.165) is 18.8 Å². The molecule has 0 amide bonds. The first-order valence-electron chi connectivity index (χ1n) is 6.43. The quantitative estimate of drug-likeness (QED) is 0.533. The highest BCUT2D eigenvalue weighted by molar-refractivity contribution is 5.91. The molecule has 0 N–H and O–H groups in total. The molecular formula is C14H23NO2. The first-order chi connectivity index (χ1) is 8.06. The van der Waals surface area contributed by atoms with Crippen molar-refractivity contribution in [3.8, 4) is 0 Å². The Labute approximate surface area is 104 Å². The molecule has 0 radical (unpaired) electrons. The predicted molar refractivity (Wildman–Crippen MR) is 70.7 cm³/mol. The maximum absolute atomic E-state index is 11.2. The Kier molecular flexibility index (Phi) is 5.26. The Hall–Kier alpha value is -1.25. The lowest BCUT2D eigenvalue weighted by atomic mass is 10.2. The highest BCUT2D eigenvalue weighted by atomic mass is 16.4. The van der Waals surface area contributed by atoms with Gasteiger partial charge in [-0.25, -0.2) is 0 Å². The number of nitrogens with zero attached hydrogens (tertiary/aromatic N) is 1. The average molecular weight is 237 g/mol. The Morgan fingerprint density at radius 1 is 1.35 bits per heavy atom. The fraction of sp³-hybridized carbons (Fsp3) is 0.643. The SMILES string of the molecule is CCCCCN(c1ccc(C(C)=O)o1)C(C)C. The summed E-state index contributed by atoms with van der Waals surface area (Å²) in [6.07, 6.45) is 3.59. The molecule has 3 nitrogen and oxygen atoms in total. The van der Waals surface area contributed by atoms with E-state index in [0.29, 0.717) is 11.8 Å². The van der Waals surface area contributed by atoms with Crippen LogP contribution >= 0.6 is 0 Å². The number of anilines is 1. The molecule has 1 heterocycles. The smallest absolute Gasteiger partial charge is 0.196 e. The van der Waals surface area contributed by atoms with Gasteiger partial charge in [-0.15, -0.1) is 0 Å². The van der Waals surface area contributed by atoms with Crippen molar-refractivity contribution in [1.82, 2.24) is 0 Å². The van der Waals surface area contributed by atoms with Gasteiger partial charge in [0.2, 0.25) is 0 Å². The summed E-state index contributed by atoms with van der Waals surface area (Å²) in [6, 6.07) is 4.04. The lowest BCUT2D eigenvalue weighted by molar-refractivity contribution is 0.0987. The molecule has 0 atom stereocenters. The summed E-state index contributed by atoms with van der Waals surface area (Å²) in [6.45, 7) is 8.99. The van der Waals surface area contributed by atoms with Crippen molar-refractivity contribution in [2.75, 3.05) is 11.4 Å². The molecule has 0 unspecified atom stereocenters. The van der Waals surface area contributed by atoms with Gasteiger partial charge in [-0.2, -0.15) is 0 Å². The number of hydrogen-bond donors (Lipinski definition) is 0. The van der Waals surface area contributed by atoms with Crippen molar-refractivity contribution >= 4 is 11.7 Å². The fourth-order valence-corrected chi connectivity index (χ4v) is 1.83. The molecule has 0 saturated heterocycles. The number of furan rings is 1. The summed E-state index contributed by atoms with van der Waals surface area (Å²) < 4.78 is 5.58. The molecule has 1 aromatic rings. The second-order valence-electron chi connectivity index (χ2n) is 4.69. The minimum Gasteiger partial charge on any atom is -0.437 e. The molecule has 0 aliphatic heterocycles. The Morgan fingerprint density at radius 2 is 2.06 bits per heavy atom. The zero-order chi connectivity index (χ0) is 12.8. The molecule has 0 aliphatic rings. The second-order valence-corrected chi connectivity index (χ2v) is 4.69. The molecule has 96 valence electrons. The molecule has 0 spiro atoms. The minimum atomic E-state index is -0.0199. The van der Waals surface area contributed by atoms with E-state index in [9.17, 15) is 4.79 Å². The summed E-state index contributed by atoms with van der Waals surface area (Å²) in [5.41, 5.74) is 0. The van der Waals surface area contributed by atoms with Gasteiger partial charge in [-0.3, -0.25) is 4.79 Å². The van der Waals surface area contributed by atoms with Crippen LogP contribution in [0.15, 0.2) is 16.5 Å². The van der Waals surface area contributed by atoms with Crippen LogP contribution in [0.2, 0.25) is 0 Å². The minimum absolute atomic E-state index is 0.0199. The number of hydrogen-bond acceptors (Lipinski definition) is 3.